The molecule has 0 atom stereocenters. The summed E-state index contributed by atoms with van der Waals surface area (Å²) in [7, 11) is 0. The van der Waals surface area contributed by atoms with E-state index in [-0.39, 0.29) is 81.1 Å². The van der Waals surface area contributed by atoms with Crippen molar-refractivity contribution in [2.24, 2.45) is 0 Å². The van der Waals surface area contributed by atoms with Gasteiger partial charge in [-0.05, 0) is 24.2 Å². The summed E-state index contributed by atoms with van der Waals surface area (Å²) in [5.41, 5.74) is 3.02. The molecule has 0 fully saturated rings. The van der Waals surface area contributed by atoms with Crippen molar-refractivity contribution in [3.05, 3.63) is 170 Å². The first-order valence-corrected chi connectivity index (χ1v) is 16.6. The predicted octanol–water partition coefficient (Wildman–Crippen LogP) is 12.0. The average Bonchev–Trinajstić information content (AvgIpc) is 3.84. The van der Waals surface area contributed by atoms with Crippen LogP contribution < -0.4 is 0 Å². The maximum absolute atomic E-state index is 9.25. The minimum Gasteiger partial charge on any atom is -0.309 e. The third kappa shape index (κ3) is 4.63. The Bertz CT molecular complexity index is 3410. The first-order chi connectivity index (χ1) is 29.3. The highest BCUT2D eigenvalue weighted by Gasteiger charge is 2.20. The number of benzene rings is 7. The van der Waals surface area contributed by atoms with E-state index in [1.54, 1.807) is 52.3 Å². The van der Waals surface area contributed by atoms with Gasteiger partial charge in [-0.3, -0.25) is 0 Å². The number of nitrogens with zero attached hydrogens (tertiary/aromatic N) is 4. The first kappa shape index (κ1) is 19.5. The van der Waals surface area contributed by atoms with Gasteiger partial charge in [-0.1, -0.05) is 145 Å². The highest BCUT2D eigenvalue weighted by atomic mass is 32.1. The van der Waals surface area contributed by atoms with Gasteiger partial charge in [0, 0.05) is 58.8 Å². The third-order valence-corrected chi connectivity index (χ3v) is 9.93. The molecule has 5 heteroatoms. The molecule has 0 unspecified atom stereocenters. The Labute approximate surface area is 308 Å². The number of fused-ring (bicyclic) bond motifs is 6. The minimum atomic E-state index is -0.555. The monoisotopic (exact) mass is 667 g/mol. The number of para-hydroxylation sites is 2. The van der Waals surface area contributed by atoms with Crippen LogP contribution in [0.4, 0.5) is 0 Å². The summed E-state index contributed by atoms with van der Waals surface area (Å²) >= 11 is 1.61. The molecule has 10 aromatic rings. The third-order valence-electron chi connectivity index (χ3n) is 8.71. The van der Waals surface area contributed by atoms with Crippen molar-refractivity contribution >= 4 is 53.3 Å². The Hall–Kier alpha value is -6.43. The second kappa shape index (κ2) is 11.6. The maximum atomic E-state index is 9.25. The van der Waals surface area contributed by atoms with Crippen LogP contribution in [0.2, 0.25) is 0 Å². The van der Waals surface area contributed by atoms with E-state index >= 15 is 0 Å². The fourth-order valence-corrected chi connectivity index (χ4v) is 7.72. The molecule has 0 saturated carbocycles. The Morgan fingerprint density at radius 1 is 0.460 bits per heavy atom. The number of hydrogen-bond donors (Lipinski definition) is 0. The van der Waals surface area contributed by atoms with Crippen LogP contribution in [-0.2, 0) is 0 Å². The number of rotatable bonds is 5. The SMILES string of the molecule is [2H]c1cc([2H])c2c(c1[2H])c1c([2H])c([2H])cc([2H])c1n2-c1cc(-c2nc(-c3ccccc3)nc(-c3c([2H])c([2H])c([2H])c([2H])c3[2H])n2)ccc1-c1cccc2c1sc1ccccc12. The molecule has 0 bridgehead atoms. The molecule has 3 aromatic heterocycles. The molecular weight excluding hydrogens is 629 g/mol. The highest BCUT2D eigenvalue weighted by molar-refractivity contribution is 7.26. The van der Waals surface area contributed by atoms with Crippen LogP contribution in [0.1, 0.15) is 15.1 Å². The molecular formula is C45H28N4S. The molecule has 50 heavy (non-hydrogen) atoms. The van der Waals surface area contributed by atoms with Gasteiger partial charge in [-0.15, -0.1) is 11.3 Å². The summed E-state index contributed by atoms with van der Waals surface area (Å²) in [5, 5.41) is 2.30. The number of aromatic nitrogens is 4. The molecule has 234 valence electrons. The lowest BCUT2D eigenvalue weighted by Gasteiger charge is -2.17. The lowest BCUT2D eigenvalue weighted by molar-refractivity contribution is 1.07. The lowest BCUT2D eigenvalue weighted by atomic mass is 9.98. The standard InChI is InChI=1S/C45H28N4S/c1-3-14-29(15-4-1)43-46-44(30-16-5-2-6-17-30)48-45(47-43)31-26-27-34(36-21-13-22-37-35-20-9-12-25-41(35)50-42(36)37)40(28-31)49-38-23-10-7-18-32(38)33-19-8-11-24-39(33)49/h1-28H/i1D,3D,4D,7D,8D,14D,15D,18D,19D,23D,24D. The Balaban J connectivity index is 1.35. The van der Waals surface area contributed by atoms with Crippen LogP contribution >= 0.6 is 11.3 Å². The summed E-state index contributed by atoms with van der Waals surface area (Å²) in [4.78, 5) is 14.3. The normalized spacial score (nSPS) is 14.7. The molecule has 10 rings (SSSR count). The Kier molecular flexibility index (Phi) is 4.54. The van der Waals surface area contributed by atoms with E-state index in [4.69, 9.17) is 22.3 Å². The molecule has 7 aromatic carbocycles. The van der Waals surface area contributed by atoms with Crippen molar-refractivity contribution < 1.29 is 15.1 Å². The molecule has 0 amide bonds. The van der Waals surface area contributed by atoms with Gasteiger partial charge in [-0.25, -0.2) is 15.0 Å². The molecule has 0 N–H and O–H groups in total. The zero-order chi connectivity index (χ0) is 42.6. The second-order valence-electron chi connectivity index (χ2n) is 11.6. The van der Waals surface area contributed by atoms with Crippen LogP contribution in [0.3, 0.4) is 0 Å². The van der Waals surface area contributed by atoms with E-state index in [1.165, 1.54) is 12.1 Å². The smallest absolute Gasteiger partial charge is 0.164 e. The molecule has 0 aliphatic carbocycles. The Morgan fingerprint density at radius 3 is 1.88 bits per heavy atom. The van der Waals surface area contributed by atoms with Gasteiger partial charge < -0.3 is 4.57 Å². The second-order valence-corrected chi connectivity index (χ2v) is 12.6. The van der Waals surface area contributed by atoms with Crippen LogP contribution in [0.15, 0.2) is 170 Å². The molecule has 0 radical (unpaired) electrons. The molecule has 0 aliphatic rings. The lowest BCUT2D eigenvalue weighted by Crippen LogP contribution is -2.02. The Morgan fingerprint density at radius 2 is 1.12 bits per heavy atom. The summed E-state index contributed by atoms with van der Waals surface area (Å²) in [5.74, 6) is 0.116. The largest absolute Gasteiger partial charge is 0.309 e. The predicted molar refractivity (Wildman–Crippen MR) is 209 cm³/mol. The van der Waals surface area contributed by atoms with Gasteiger partial charge in [0.15, 0.2) is 17.5 Å². The van der Waals surface area contributed by atoms with E-state index in [2.05, 4.69) is 23.2 Å². The van der Waals surface area contributed by atoms with E-state index < -0.39 is 30.2 Å². The van der Waals surface area contributed by atoms with Crippen LogP contribution in [0.5, 0.6) is 0 Å². The first-order valence-electron chi connectivity index (χ1n) is 21.3. The molecule has 0 saturated heterocycles. The molecule has 0 spiro atoms. The minimum absolute atomic E-state index is 0.0887. The number of thiophene rings is 1. The van der Waals surface area contributed by atoms with Gasteiger partial charge in [0.1, 0.15) is 0 Å². The maximum Gasteiger partial charge on any atom is 0.164 e. The molecule has 0 aliphatic heterocycles. The molecule has 4 nitrogen and oxygen atoms in total. The summed E-state index contributed by atoms with van der Waals surface area (Å²) in [6.45, 7) is 0. The van der Waals surface area contributed by atoms with E-state index in [9.17, 15) is 2.74 Å². The van der Waals surface area contributed by atoms with Crippen molar-refractivity contribution in [2.45, 2.75) is 0 Å². The fourth-order valence-electron chi connectivity index (χ4n) is 6.49. The van der Waals surface area contributed by atoms with Gasteiger partial charge >= 0.3 is 0 Å². The van der Waals surface area contributed by atoms with Gasteiger partial charge in [0.05, 0.1) is 31.8 Å². The average molecular weight is 668 g/mol. The summed E-state index contributed by atoms with van der Waals surface area (Å²) < 4.78 is 99.9. The van der Waals surface area contributed by atoms with Crippen LogP contribution in [0, 0.1) is 0 Å². The van der Waals surface area contributed by atoms with E-state index in [0.29, 0.717) is 22.4 Å². The van der Waals surface area contributed by atoms with Crippen molar-refractivity contribution in [1.82, 2.24) is 19.5 Å². The quantitative estimate of drug-likeness (QED) is 0.183. The number of hydrogen-bond acceptors (Lipinski definition) is 4. The van der Waals surface area contributed by atoms with Gasteiger partial charge in [0.25, 0.3) is 0 Å². The van der Waals surface area contributed by atoms with Gasteiger partial charge in [0.2, 0.25) is 0 Å². The zero-order valence-corrected chi connectivity index (χ0v) is 26.8. The van der Waals surface area contributed by atoms with Gasteiger partial charge in [-0.2, -0.15) is 0 Å². The topological polar surface area (TPSA) is 43.6 Å². The van der Waals surface area contributed by atoms with Crippen molar-refractivity contribution in [2.75, 3.05) is 0 Å². The molecule has 3 heterocycles. The van der Waals surface area contributed by atoms with E-state index in [0.717, 1.165) is 25.7 Å². The highest BCUT2D eigenvalue weighted by Crippen LogP contribution is 2.44. The van der Waals surface area contributed by atoms with E-state index in [1.807, 2.05) is 36.4 Å². The van der Waals surface area contributed by atoms with Crippen LogP contribution in [0.25, 0.3) is 93.0 Å². The summed E-state index contributed by atoms with van der Waals surface area (Å²) in [6.07, 6.45) is 0. The summed E-state index contributed by atoms with van der Waals surface area (Å²) in [6, 6.07) is 27.2. The zero-order valence-electron chi connectivity index (χ0n) is 37.0. The van der Waals surface area contributed by atoms with Crippen molar-refractivity contribution in [1.29, 1.82) is 0 Å². The van der Waals surface area contributed by atoms with Crippen LogP contribution in [-0.4, -0.2) is 19.5 Å². The fraction of sp³-hybridized carbons (Fsp3) is 0. The van der Waals surface area contributed by atoms with Crippen molar-refractivity contribution in [3.63, 3.8) is 0 Å². The van der Waals surface area contributed by atoms with Crippen molar-refractivity contribution in [3.8, 4) is 51.0 Å².